The molecule has 1 aromatic heterocycles. The predicted molar refractivity (Wildman–Crippen MR) is 134 cm³/mol. The maximum absolute atomic E-state index is 8.90. The number of thioether (sulfide) groups is 1. The van der Waals surface area contributed by atoms with Crippen molar-refractivity contribution in [1.29, 1.82) is 0 Å². The van der Waals surface area contributed by atoms with E-state index in [2.05, 4.69) is 22.3 Å². The number of thiazole rings is 1. The summed E-state index contributed by atoms with van der Waals surface area (Å²) in [4.78, 5) is 5.91. The highest BCUT2D eigenvalue weighted by Crippen LogP contribution is 2.42. The summed E-state index contributed by atoms with van der Waals surface area (Å²) >= 11 is 16.2. The lowest BCUT2D eigenvalue weighted by molar-refractivity contribution is 0.305. The van der Waals surface area contributed by atoms with Gasteiger partial charge in [0.2, 0.25) is 0 Å². The Hall–Kier alpha value is -1.72. The molecule has 1 saturated heterocycles. The summed E-state index contributed by atoms with van der Waals surface area (Å²) in [5.41, 5.74) is 7.15. The average Bonchev–Trinajstić information content (AvgIpc) is 3.18. The van der Waals surface area contributed by atoms with Crippen LogP contribution in [0, 0.1) is 11.8 Å². The Kier molecular flexibility index (Phi) is 7.78. The van der Waals surface area contributed by atoms with Crippen LogP contribution >= 0.6 is 46.3 Å². The third-order valence-electron chi connectivity index (χ3n) is 4.70. The van der Waals surface area contributed by atoms with Crippen LogP contribution in [-0.2, 0) is 0 Å². The van der Waals surface area contributed by atoms with Gasteiger partial charge >= 0.3 is 0 Å². The van der Waals surface area contributed by atoms with Crippen molar-refractivity contribution in [1.82, 2.24) is 9.99 Å². The number of nitrogens with zero attached hydrogens (tertiary/aromatic N) is 2. The standard InChI is InChI=1S/C23H21Cl2N3OS2/c24-18-8-9-19(20(25)15-18)22-21(17-6-4-16(5-7-17)3-1-2-12-29)26-23(31-22)27-28-10-13-30-14-11-28/h4-9,15,29H,2,10-14H2,(H,26,27). The molecule has 0 spiro atoms. The van der Waals surface area contributed by atoms with E-state index in [4.69, 9.17) is 33.3 Å². The van der Waals surface area contributed by atoms with Crippen molar-refractivity contribution < 1.29 is 5.11 Å². The van der Waals surface area contributed by atoms with Crippen LogP contribution < -0.4 is 5.43 Å². The smallest absolute Gasteiger partial charge is 0.198 e. The topological polar surface area (TPSA) is 48.4 Å². The first-order chi connectivity index (χ1) is 15.1. The number of aliphatic hydroxyl groups is 1. The number of aliphatic hydroxyl groups excluding tert-OH is 1. The molecule has 0 aliphatic carbocycles. The number of anilines is 1. The van der Waals surface area contributed by atoms with Gasteiger partial charge < -0.3 is 5.11 Å². The number of rotatable bonds is 5. The van der Waals surface area contributed by atoms with Crippen LogP contribution in [0.4, 0.5) is 5.13 Å². The number of hydrogen-bond donors (Lipinski definition) is 2. The molecule has 31 heavy (non-hydrogen) atoms. The molecule has 0 atom stereocenters. The molecule has 2 aromatic carbocycles. The molecule has 0 radical (unpaired) electrons. The largest absolute Gasteiger partial charge is 0.395 e. The number of hydrogen-bond acceptors (Lipinski definition) is 6. The van der Waals surface area contributed by atoms with Crippen LogP contribution in [0.3, 0.4) is 0 Å². The molecule has 0 unspecified atom stereocenters. The van der Waals surface area contributed by atoms with E-state index in [1.165, 1.54) is 0 Å². The average molecular weight is 490 g/mol. The summed E-state index contributed by atoms with van der Waals surface area (Å²) in [5.74, 6) is 8.23. The monoisotopic (exact) mass is 489 g/mol. The highest BCUT2D eigenvalue weighted by Gasteiger charge is 2.19. The Bertz CT molecular complexity index is 1100. The fraction of sp³-hybridized carbons (Fsp3) is 0.261. The molecule has 160 valence electrons. The van der Waals surface area contributed by atoms with Crippen molar-refractivity contribution in [3.63, 3.8) is 0 Å². The zero-order valence-corrected chi connectivity index (χ0v) is 19.8. The van der Waals surface area contributed by atoms with E-state index in [0.717, 1.165) is 57.0 Å². The van der Waals surface area contributed by atoms with Gasteiger partial charge in [-0.05, 0) is 24.3 Å². The second-order valence-corrected chi connectivity index (χ2v) is 9.95. The third-order valence-corrected chi connectivity index (χ3v) is 7.18. The number of hydrazine groups is 1. The van der Waals surface area contributed by atoms with Gasteiger partial charge in [0.25, 0.3) is 0 Å². The molecule has 1 aliphatic heterocycles. The molecule has 3 aromatic rings. The highest BCUT2D eigenvalue weighted by molar-refractivity contribution is 7.99. The molecule has 2 heterocycles. The first-order valence-corrected chi connectivity index (χ1v) is 12.6. The van der Waals surface area contributed by atoms with Gasteiger partial charge in [0.05, 0.1) is 22.2 Å². The summed E-state index contributed by atoms with van der Waals surface area (Å²) in [6.45, 7) is 2.04. The van der Waals surface area contributed by atoms with Gasteiger partial charge in [0, 0.05) is 52.7 Å². The minimum Gasteiger partial charge on any atom is -0.395 e. The molecule has 1 aliphatic rings. The van der Waals surface area contributed by atoms with Gasteiger partial charge in [-0.15, -0.1) is 0 Å². The van der Waals surface area contributed by atoms with Crippen molar-refractivity contribution >= 4 is 51.4 Å². The molecule has 8 heteroatoms. The van der Waals surface area contributed by atoms with Crippen molar-refractivity contribution in [2.24, 2.45) is 0 Å². The maximum Gasteiger partial charge on any atom is 0.198 e. The van der Waals surface area contributed by atoms with E-state index in [9.17, 15) is 0 Å². The van der Waals surface area contributed by atoms with Crippen molar-refractivity contribution in [2.75, 3.05) is 36.6 Å². The summed E-state index contributed by atoms with van der Waals surface area (Å²) in [6.07, 6.45) is 0.469. The summed E-state index contributed by atoms with van der Waals surface area (Å²) in [7, 11) is 0. The molecule has 0 saturated carbocycles. The number of benzene rings is 2. The lowest BCUT2D eigenvalue weighted by Crippen LogP contribution is -2.37. The van der Waals surface area contributed by atoms with Gasteiger partial charge in [0.15, 0.2) is 5.13 Å². The van der Waals surface area contributed by atoms with E-state index in [1.807, 2.05) is 48.2 Å². The van der Waals surface area contributed by atoms with E-state index in [1.54, 1.807) is 17.4 Å². The van der Waals surface area contributed by atoms with E-state index >= 15 is 0 Å². The quantitative estimate of drug-likeness (QED) is 0.437. The Morgan fingerprint density at radius 2 is 1.87 bits per heavy atom. The molecule has 4 rings (SSSR count). The summed E-state index contributed by atoms with van der Waals surface area (Å²) in [5, 5.41) is 13.2. The Morgan fingerprint density at radius 1 is 1.10 bits per heavy atom. The van der Waals surface area contributed by atoms with Crippen LogP contribution in [0.25, 0.3) is 21.7 Å². The molecule has 4 nitrogen and oxygen atoms in total. The molecular weight excluding hydrogens is 469 g/mol. The van der Waals surface area contributed by atoms with Crippen LogP contribution in [0.2, 0.25) is 10.0 Å². The van der Waals surface area contributed by atoms with E-state index in [-0.39, 0.29) is 6.61 Å². The Labute approximate surface area is 200 Å². The van der Waals surface area contributed by atoms with Gasteiger partial charge in [-0.3, -0.25) is 5.43 Å². The normalized spacial score (nSPS) is 14.2. The van der Waals surface area contributed by atoms with Crippen LogP contribution in [0.1, 0.15) is 12.0 Å². The minimum atomic E-state index is 0.0700. The fourth-order valence-electron chi connectivity index (χ4n) is 3.16. The van der Waals surface area contributed by atoms with Crippen molar-refractivity contribution in [3.05, 3.63) is 58.1 Å². The van der Waals surface area contributed by atoms with Crippen LogP contribution in [0.5, 0.6) is 0 Å². The molecule has 2 N–H and O–H groups in total. The maximum atomic E-state index is 8.90. The Morgan fingerprint density at radius 3 is 2.58 bits per heavy atom. The predicted octanol–water partition coefficient (Wildman–Crippen LogP) is 5.89. The van der Waals surface area contributed by atoms with Gasteiger partial charge in [0.1, 0.15) is 0 Å². The molecule has 0 amide bonds. The third kappa shape index (κ3) is 5.75. The second kappa shape index (κ2) is 10.7. The van der Waals surface area contributed by atoms with Gasteiger partial charge in [-0.2, -0.15) is 11.8 Å². The van der Waals surface area contributed by atoms with Crippen molar-refractivity contribution in [2.45, 2.75) is 6.42 Å². The molecule has 1 fully saturated rings. The Balaban J connectivity index is 1.70. The molecule has 0 bridgehead atoms. The zero-order valence-electron chi connectivity index (χ0n) is 16.7. The second-order valence-electron chi connectivity index (χ2n) is 6.88. The lowest BCUT2D eigenvalue weighted by atomic mass is 10.1. The minimum absolute atomic E-state index is 0.0700. The summed E-state index contributed by atoms with van der Waals surface area (Å²) in [6, 6.07) is 13.5. The van der Waals surface area contributed by atoms with Crippen LogP contribution in [-0.4, -0.2) is 46.3 Å². The SMILES string of the molecule is OCCC#Cc1ccc(-c2nc(NN3CCSCC3)sc2-c2ccc(Cl)cc2Cl)cc1. The lowest BCUT2D eigenvalue weighted by Gasteiger charge is -2.26. The summed E-state index contributed by atoms with van der Waals surface area (Å²) < 4.78 is 0. The first kappa shape index (κ1) is 22.5. The van der Waals surface area contributed by atoms with Gasteiger partial charge in [-0.1, -0.05) is 64.6 Å². The van der Waals surface area contributed by atoms with Crippen molar-refractivity contribution in [3.8, 4) is 33.5 Å². The van der Waals surface area contributed by atoms with Gasteiger partial charge in [-0.25, -0.2) is 9.99 Å². The zero-order chi connectivity index (χ0) is 21.6. The first-order valence-electron chi connectivity index (χ1n) is 9.90. The number of aromatic nitrogens is 1. The van der Waals surface area contributed by atoms with E-state index < -0.39 is 0 Å². The van der Waals surface area contributed by atoms with Crippen LogP contribution in [0.15, 0.2) is 42.5 Å². The number of halogens is 2. The fourth-order valence-corrected chi connectivity index (χ4v) is 5.68. The number of nitrogens with one attached hydrogen (secondary N) is 1. The highest BCUT2D eigenvalue weighted by atomic mass is 35.5. The molecular formula is C23H21Cl2N3OS2. The van der Waals surface area contributed by atoms with E-state index in [0.29, 0.717) is 16.5 Å².